The molecule has 0 aliphatic carbocycles. The zero-order valence-corrected chi connectivity index (χ0v) is 13.0. The Kier molecular flexibility index (Phi) is 4.25. The van der Waals surface area contributed by atoms with Crippen molar-refractivity contribution in [2.24, 2.45) is 0 Å². The highest BCUT2D eigenvalue weighted by atomic mass is 35.5. The normalized spacial score (nSPS) is 10.3. The molecule has 0 spiro atoms. The Morgan fingerprint density at radius 2 is 1.78 bits per heavy atom. The van der Waals surface area contributed by atoms with Crippen molar-refractivity contribution >= 4 is 17.3 Å². The molecule has 3 rings (SSSR count). The molecule has 0 radical (unpaired) electrons. The molecule has 2 N–H and O–H groups in total. The maximum Gasteiger partial charge on any atom is 0.249 e. The number of nitrogen functional groups attached to an aromatic ring is 1. The largest absolute Gasteiger partial charge is 0.437 e. The second kappa shape index (κ2) is 6.50. The van der Waals surface area contributed by atoms with Crippen LogP contribution in [0.15, 0.2) is 49.1 Å². The molecule has 2 heterocycles. The van der Waals surface area contributed by atoms with Gasteiger partial charge in [-0.25, -0.2) is 0 Å². The number of hydrogen-bond donors (Lipinski definition) is 1. The molecule has 116 valence electrons. The Bertz CT molecular complexity index is 828. The van der Waals surface area contributed by atoms with Crippen molar-refractivity contribution in [1.82, 2.24) is 15.0 Å². The number of benzene rings is 1. The van der Waals surface area contributed by atoms with Crippen LogP contribution in [0.4, 0.5) is 5.69 Å². The molecular weight excluding hydrogens is 316 g/mol. The van der Waals surface area contributed by atoms with Gasteiger partial charge in [-0.2, -0.15) is 9.97 Å². The highest BCUT2D eigenvalue weighted by Gasteiger charge is 2.13. The van der Waals surface area contributed by atoms with Crippen molar-refractivity contribution in [1.29, 1.82) is 0 Å². The van der Waals surface area contributed by atoms with Gasteiger partial charge in [-0.3, -0.25) is 4.98 Å². The maximum atomic E-state index is 6.03. The summed E-state index contributed by atoms with van der Waals surface area (Å²) in [6, 6.07) is 8.78. The molecule has 0 fully saturated rings. The van der Waals surface area contributed by atoms with Gasteiger partial charge in [0.2, 0.25) is 11.8 Å². The van der Waals surface area contributed by atoms with Gasteiger partial charge < -0.3 is 15.2 Å². The van der Waals surface area contributed by atoms with Crippen LogP contribution < -0.4 is 15.2 Å². The smallest absolute Gasteiger partial charge is 0.249 e. The molecule has 0 saturated heterocycles. The summed E-state index contributed by atoms with van der Waals surface area (Å²) in [7, 11) is 0. The lowest BCUT2D eigenvalue weighted by Crippen LogP contribution is -2.00. The van der Waals surface area contributed by atoms with Gasteiger partial charge in [0.25, 0.3) is 0 Å². The van der Waals surface area contributed by atoms with E-state index in [1.54, 1.807) is 42.7 Å². The van der Waals surface area contributed by atoms with E-state index in [-0.39, 0.29) is 17.4 Å². The third-order valence-electron chi connectivity index (χ3n) is 3.00. The summed E-state index contributed by atoms with van der Waals surface area (Å²) >= 11 is 6.00. The number of pyridine rings is 1. The van der Waals surface area contributed by atoms with Crippen LogP contribution in [0.5, 0.6) is 23.3 Å². The van der Waals surface area contributed by atoms with Crippen LogP contribution in [0.25, 0.3) is 0 Å². The molecule has 7 heteroatoms. The molecule has 0 aliphatic heterocycles. The summed E-state index contributed by atoms with van der Waals surface area (Å²) in [6.07, 6.45) is 4.53. The minimum absolute atomic E-state index is 0.198. The molecule has 0 bridgehead atoms. The maximum absolute atomic E-state index is 6.03. The first-order valence-electron chi connectivity index (χ1n) is 6.76. The number of rotatable bonds is 4. The van der Waals surface area contributed by atoms with Gasteiger partial charge in [0.1, 0.15) is 17.8 Å². The van der Waals surface area contributed by atoms with Crippen LogP contribution in [-0.2, 0) is 0 Å². The Labute approximate surface area is 137 Å². The lowest BCUT2D eigenvalue weighted by atomic mass is 10.2. The molecule has 0 atom stereocenters. The third-order valence-corrected chi connectivity index (χ3v) is 3.43. The topological polar surface area (TPSA) is 83.2 Å². The van der Waals surface area contributed by atoms with Crippen molar-refractivity contribution in [3.8, 4) is 23.3 Å². The molecule has 0 unspecified atom stereocenters. The highest BCUT2D eigenvalue weighted by Crippen LogP contribution is 2.33. The number of halogens is 1. The molecule has 3 aromatic rings. The molecule has 0 amide bonds. The van der Waals surface area contributed by atoms with E-state index in [1.807, 2.05) is 6.92 Å². The number of ether oxygens (including phenoxy) is 2. The average molecular weight is 329 g/mol. The Morgan fingerprint density at radius 3 is 2.43 bits per heavy atom. The van der Waals surface area contributed by atoms with Crippen molar-refractivity contribution in [2.75, 3.05) is 5.73 Å². The number of aryl methyl sites for hydroxylation is 1. The van der Waals surface area contributed by atoms with Gasteiger partial charge >= 0.3 is 0 Å². The first-order chi connectivity index (χ1) is 11.1. The Morgan fingerprint density at radius 1 is 1.04 bits per heavy atom. The van der Waals surface area contributed by atoms with Crippen molar-refractivity contribution in [3.63, 3.8) is 0 Å². The average Bonchev–Trinajstić information content (AvgIpc) is 2.56. The number of aromatic nitrogens is 3. The summed E-state index contributed by atoms with van der Waals surface area (Å²) in [4.78, 5) is 12.0. The summed E-state index contributed by atoms with van der Waals surface area (Å²) in [5.41, 5.74) is 7.12. The van der Waals surface area contributed by atoms with Crippen molar-refractivity contribution < 1.29 is 9.47 Å². The third kappa shape index (κ3) is 3.49. The van der Waals surface area contributed by atoms with Crippen LogP contribution in [-0.4, -0.2) is 15.0 Å². The number of nitrogens with two attached hydrogens (primary N) is 1. The zero-order valence-electron chi connectivity index (χ0n) is 12.2. The quantitative estimate of drug-likeness (QED) is 0.779. The molecule has 0 aliphatic rings. The van der Waals surface area contributed by atoms with Crippen LogP contribution in [0, 0.1) is 6.92 Å². The van der Waals surface area contributed by atoms with Crippen LogP contribution in [0.1, 0.15) is 5.56 Å². The predicted molar refractivity (Wildman–Crippen MR) is 87.0 cm³/mol. The van der Waals surface area contributed by atoms with Crippen molar-refractivity contribution in [2.45, 2.75) is 6.92 Å². The summed E-state index contributed by atoms with van der Waals surface area (Å²) < 4.78 is 11.3. The first kappa shape index (κ1) is 15.1. The zero-order chi connectivity index (χ0) is 16.2. The molecular formula is C16H13ClN4O2. The van der Waals surface area contributed by atoms with Crippen LogP contribution >= 0.6 is 11.6 Å². The van der Waals surface area contributed by atoms with E-state index < -0.39 is 0 Å². The fourth-order valence-electron chi connectivity index (χ4n) is 1.84. The lowest BCUT2D eigenvalue weighted by molar-refractivity contribution is 0.437. The predicted octanol–water partition coefficient (Wildman–Crippen LogP) is 4.00. The SMILES string of the molecule is Cc1cc(Oc2ncnc(Oc3cccnc3)c2N)ccc1Cl. The minimum atomic E-state index is 0.198. The molecule has 23 heavy (non-hydrogen) atoms. The Balaban J connectivity index is 1.86. The standard InChI is InChI=1S/C16H13ClN4O2/c1-10-7-11(4-5-13(10)17)22-15-14(18)16(21-9-20-15)23-12-3-2-6-19-8-12/h2-9H,18H2,1H3. The fourth-order valence-corrected chi connectivity index (χ4v) is 1.96. The van der Waals surface area contributed by atoms with E-state index in [4.69, 9.17) is 26.8 Å². The van der Waals surface area contributed by atoms with Gasteiger partial charge in [-0.05, 0) is 42.8 Å². The number of hydrogen-bond acceptors (Lipinski definition) is 6. The molecule has 6 nitrogen and oxygen atoms in total. The number of nitrogens with zero attached hydrogens (tertiary/aromatic N) is 3. The van der Waals surface area contributed by atoms with Crippen LogP contribution in [0.3, 0.4) is 0 Å². The Hall–Kier alpha value is -2.86. The van der Waals surface area contributed by atoms with E-state index in [2.05, 4.69) is 15.0 Å². The van der Waals surface area contributed by atoms with E-state index >= 15 is 0 Å². The van der Waals surface area contributed by atoms with Crippen molar-refractivity contribution in [3.05, 3.63) is 59.6 Å². The van der Waals surface area contributed by atoms with E-state index in [9.17, 15) is 0 Å². The van der Waals surface area contributed by atoms with Crippen LogP contribution in [0.2, 0.25) is 5.02 Å². The first-order valence-corrected chi connectivity index (χ1v) is 7.13. The summed E-state index contributed by atoms with van der Waals surface area (Å²) in [5.74, 6) is 1.50. The van der Waals surface area contributed by atoms with Gasteiger partial charge in [0.15, 0.2) is 5.69 Å². The highest BCUT2D eigenvalue weighted by molar-refractivity contribution is 6.31. The van der Waals surface area contributed by atoms with E-state index in [0.29, 0.717) is 16.5 Å². The van der Waals surface area contributed by atoms with Gasteiger partial charge in [-0.1, -0.05) is 11.6 Å². The fraction of sp³-hybridized carbons (Fsp3) is 0.0625. The van der Waals surface area contributed by atoms with E-state index in [0.717, 1.165) is 5.56 Å². The molecule has 2 aromatic heterocycles. The molecule has 0 saturated carbocycles. The van der Waals surface area contributed by atoms with Gasteiger partial charge in [0.05, 0.1) is 6.20 Å². The van der Waals surface area contributed by atoms with Gasteiger partial charge in [-0.15, -0.1) is 0 Å². The number of anilines is 1. The molecule has 1 aromatic carbocycles. The second-order valence-corrected chi connectivity index (χ2v) is 5.11. The lowest BCUT2D eigenvalue weighted by Gasteiger charge is -2.11. The van der Waals surface area contributed by atoms with Gasteiger partial charge in [0, 0.05) is 11.2 Å². The monoisotopic (exact) mass is 328 g/mol. The second-order valence-electron chi connectivity index (χ2n) is 4.70. The van der Waals surface area contributed by atoms with E-state index in [1.165, 1.54) is 6.33 Å². The summed E-state index contributed by atoms with van der Waals surface area (Å²) in [6.45, 7) is 1.88. The minimum Gasteiger partial charge on any atom is -0.437 e. The summed E-state index contributed by atoms with van der Waals surface area (Å²) in [5, 5.41) is 0.661.